The third-order valence-corrected chi connectivity index (χ3v) is 3.92. The van der Waals surface area contributed by atoms with E-state index in [4.69, 9.17) is 16.3 Å². The van der Waals surface area contributed by atoms with Gasteiger partial charge in [0.25, 0.3) is 5.91 Å². The van der Waals surface area contributed by atoms with Gasteiger partial charge in [-0.05, 0) is 43.0 Å². The lowest BCUT2D eigenvalue weighted by Crippen LogP contribution is -2.36. The molecule has 1 aromatic rings. The number of ether oxygens (including phenoxy) is 1. The second-order valence-corrected chi connectivity index (χ2v) is 5.46. The van der Waals surface area contributed by atoms with Crippen LogP contribution in [0.1, 0.15) is 12.8 Å². The second kappa shape index (κ2) is 5.67. The molecule has 5 heteroatoms. The Balaban J connectivity index is 1.44. The van der Waals surface area contributed by atoms with Gasteiger partial charge in [-0.3, -0.25) is 4.79 Å². The first-order valence-corrected chi connectivity index (χ1v) is 7.00. The Labute approximate surface area is 122 Å². The monoisotopic (exact) mass is 290 g/mol. The van der Waals surface area contributed by atoms with Crippen LogP contribution in [-0.4, -0.2) is 18.2 Å². The number of nitrogens with zero attached hydrogens (tertiary/aromatic N) is 1. The van der Waals surface area contributed by atoms with Crippen molar-refractivity contribution in [1.29, 1.82) is 0 Å². The van der Waals surface area contributed by atoms with Crippen molar-refractivity contribution in [1.82, 2.24) is 5.43 Å². The number of halogens is 1. The Morgan fingerprint density at radius 2 is 2.20 bits per heavy atom. The molecule has 2 aliphatic carbocycles. The molecule has 0 aromatic heterocycles. The number of nitrogens with one attached hydrogen (secondary N) is 1. The van der Waals surface area contributed by atoms with Crippen LogP contribution in [0, 0.1) is 11.8 Å². The molecule has 1 aromatic carbocycles. The summed E-state index contributed by atoms with van der Waals surface area (Å²) in [7, 11) is 0. The molecule has 4 nitrogen and oxygen atoms in total. The minimum absolute atomic E-state index is 0.0508. The summed E-state index contributed by atoms with van der Waals surface area (Å²) in [5.74, 6) is 1.51. The summed E-state index contributed by atoms with van der Waals surface area (Å²) < 4.78 is 5.34. The van der Waals surface area contributed by atoms with E-state index >= 15 is 0 Å². The molecule has 0 bridgehead atoms. The Morgan fingerprint density at radius 3 is 2.95 bits per heavy atom. The fourth-order valence-electron chi connectivity index (χ4n) is 2.51. The van der Waals surface area contributed by atoms with Crippen molar-refractivity contribution in [2.24, 2.45) is 16.9 Å². The Bertz CT molecular complexity index is 566. The molecule has 104 valence electrons. The van der Waals surface area contributed by atoms with Gasteiger partial charge < -0.3 is 4.74 Å². The number of rotatable bonds is 4. The van der Waals surface area contributed by atoms with E-state index in [0.29, 0.717) is 22.6 Å². The predicted octanol–water partition coefficient (Wildman–Crippen LogP) is 2.79. The summed E-state index contributed by atoms with van der Waals surface area (Å²) in [5, 5.41) is 4.81. The van der Waals surface area contributed by atoms with Crippen LogP contribution in [-0.2, 0) is 4.79 Å². The van der Waals surface area contributed by atoms with E-state index in [2.05, 4.69) is 22.7 Å². The highest BCUT2D eigenvalue weighted by atomic mass is 35.5. The van der Waals surface area contributed by atoms with E-state index < -0.39 is 0 Å². The van der Waals surface area contributed by atoms with Gasteiger partial charge in [-0.2, -0.15) is 5.10 Å². The van der Waals surface area contributed by atoms with Crippen LogP contribution in [0.2, 0.25) is 5.02 Å². The van der Waals surface area contributed by atoms with Crippen LogP contribution >= 0.6 is 11.6 Å². The molecule has 0 saturated heterocycles. The third kappa shape index (κ3) is 2.85. The molecule has 1 amide bonds. The largest absolute Gasteiger partial charge is 0.484 e. The number of hydrogen-bond donors (Lipinski definition) is 1. The Morgan fingerprint density at radius 1 is 1.40 bits per heavy atom. The molecular weight excluding hydrogens is 276 g/mol. The first-order valence-electron chi connectivity index (χ1n) is 6.63. The van der Waals surface area contributed by atoms with E-state index in [-0.39, 0.29) is 12.5 Å². The fourth-order valence-corrected chi connectivity index (χ4v) is 2.64. The van der Waals surface area contributed by atoms with Crippen LogP contribution in [0.4, 0.5) is 0 Å². The zero-order valence-electron chi connectivity index (χ0n) is 10.9. The lowest BCUT2D eigenvalue weighted by molar-refractivity contribution is -0.123. The highest BCUT2D eigenvalue weighted by Gasteiger charge is 2.37. The minimum atomic E-state index is -0.248. The van der Waals surface area contributed by atoms with Gasteiger partial charge in [-0.25, -0.2) is 5.43 Å². The van der Waals surface area contributed by atoms with Gasteiger partial charge in [0, 0.05) is 16.7 Å². The number of fused-ring (bicyclic) bond motifs is 1. The van der Waals surface area contributed by atoms with E-state index in [1.54, 1.807) is 24.3 Å². The molecule has 0 radical (unpaired) electrons. The molecule has 2 aliphatic rings. The van der Waals surface area contributed by atoms with Crippen LogP contribution in [0.3, 0.4) is 0 Å². The maximum absolute atomic E-state index is 11.6. The van der Waals surface area contributed by atoms with Gasteiger partial charge in [0.2, 0.25) is 0 Å². The molecular formula is C15H15ClN2O2. The fraction of sp³-hybridized carbons (Fsp3) is 0.333. The van der Waals surface area contributed by atoms with Crippen molar-refractivity contribution in [3.63, 3.8) is 0 Å². The average molecular weight is 291 g/mol. The topological polar surface area (TPSA) is 50.7 Å². The van der Waals surface area contributed by atoms with E-state index in [0.717, 1.165) is 18.6 Å². The standard InChI is InChI=1S/C15H15ClN2O2/c16-11-4-6-12(7-5-11)20-9-15(19)18-17-14-8-10-2-1-3-13(10)14/h1-2,4-7,10,13H,3,8-9H2,(H,18,19)/b17-14-/t10-,13-/m1/s1. The highest BCUT2D eigenvalue weighted by Crippen LogP contribution is 2.39. The summed E-state index contributed by atoms with van der Waals surface area (Å²) >= 11 is 5.77. The van der Waals surface area contributed by atoms with Crippen molar-refractivity contribution in [3.8, 4) is 5.75 Å². The predicted molar refractivity (Wildman–Crippen MR) is 77.9 cm³/mol. The Hall–Kier alpha value is -1.81. The average Bonchev–Trinajstić information content (AvgIpc) is 2.80. The third-order valence-electron chi connectivity index (χ3n) is 3.67. The summed E-state index contributed by atoms with van der Waals surface area (Å²) in [6.07, 6.45) is 6.42. The number of hydrogen-bond acceptors (Lipinski definition) is 3. The van der Waals surface area contributed by atoms with Crippen molar-refractivity contribution in [2.75, 3.05) is 6.61 Å². The zero-order valence-corrected chi connectivity index (χ0v) is 11.6. The van der Waals surface area contributed by atoms with Crippen LogP contribution < -0.4 is 10.2 Å². The number of carbonyl (C=O) groups excluding carboxylic acids is 1. The van der Waals surface area contributed by atoms with Crippen LogP contribution in [0.15, 0.2) is 41.5 Å². The summed E-state index contributed by atoms with van der Waals surface area (Å²) in [6.45, 7) is -0.0508. The maximum Gasteiger partial charge on any atom is 0.277 e. The van der Waals surface area contributed by atoms with Gasteiger partial charge >= 0.3 is 0 Å². The van der Waals surface area contributed by atoms with Gasteiger partial charge in [0.1, 0.15) is 5.75 Å². The van der Waals surface area contributed by atoms with Crippen molar-refractivity contribution >= 4 is 23.2 Å². The maximum atomic E-state index is 11.6. The van der Waals surface area contributed by atoms with Crippen molar-refractivity contribution < 1.29 is 9.53 Å². The second-order valence-electron chi connectivity index (χ2n) is 5.02. The molecule has 1 N–H and O–H groups in total. The normalized spacial score (nSPS) is 25.1. The van der Waals surface area contributed by atoms with Gasteiger partial charge in [-0.1, -0.05) is 23.8 Å². The summed E-state index contributed by atoms with van der Waals surface area (Å²) in [6, 6.07) is 6.89. The zero-order chi connectivity index (χ0) is 13.9. The molecule has 2 atom stereocenters. The van der Waals surface area contributed by atoms with Gasteiger partial charge in [0.15, 0.2) is 6.61 Å². The smallest absolute Gasteiger partial charge is 0.277 e. The first kappa shape index (κ1) is 13.2. The van der Waals surface area contributed by atoms with Gasteiger partial charge in [-0.15, -0.1) is 0 Å². The number of allylic oxidation sites excluding steroid dienone is 2. The lowest BCUT2D eigenvalue weighted by atomic mass is 9.74. The van der Waals surface area contributed by atoms with Crippen LogP contribution in [0.5, 0.6) is 5.75 Å². The molecule has 1 saturated carbocycles. The minimum Gasteiger partial charge on any atom is -0.484 e. The number of benzene rings is 1. The molecule has 0 heterocycles. The molecule has 0 aliphatic heterocycles. The molecule has 3 rings (SSSR count). The van der Waals surface area contributed by atoms with Crippen molar-refractivity contribution in [3.05, 3.63) is 41.4 Å². The van der Waals surface area contributed by atoms with Gasteiger partial charge in [0.05, 0.1) is 0 Å². The van der Waals surface area contributed by atoms with E-state index in [1.807, 2.05) is 0 Å². The van der Waals surface area contributed by atoms with Crippen molar-refractivity contribution in [2.45, 2.75) is 12.8 Å². The summed E-state index contributed by atoms with van der Waals surface area (Å²) in [4.78, 5) is 11.6. The molecule has 20 heavy (non-hydrogen) atoms. The lowest BCUT2D eigenvalue weighted by Gasteiger charge is -2.31. The Kier molecular flexibility index (Phi) is 3.74. The highest BCUT2D eigenvalue weighted by molar-refractivity contribution is 6.30. The first-order chi connectivity index (χ1) is 9.72. The molecule has 0 unspecified atom stereocenters. The molecule has 0 spiro atoms. The van der Waals surface area contributed by atoms with Crippen LogP contribution in [0.25, 0.3) is 0 Å². The quantitative estimate of drug-likeness (QED) is 0.685. The van der Waals surface area contributed by atoms with E-state index in [1.165, 1.54) is 0 Å². The number of amides is 1. The summed E-state index contributed by atoms with van der Waals surface area (Å²) in [5.41, 5.74) is 3.63. The van der Waals surface area contributed by atoms with E-state index in [9.17, 15) is 4.79 Å². The molecule has 1 fully saturated rings. The number of carbonyl (C=O) groups is 1. The SMILES string of the molecule is O=C(COc1ccc(Cl)cc1)N/N=C1/C[C@H]2C=CC[C@@H]12. The number of hydrazone groups is 1.